The summed E-state index contributed by atoms with van der Waals surface area (Å²) in [6.07, 6.45) is 43.6. The molecule has 2 atom stereocenters. The molecule has 0 heterocycles. The van der Waals surface area contributed by atoms with Gasteiger partial charge in [0, 0.05) is 39.0 Å². The number of ether oxygens (including phenoxy) is 2. The average molecular weight is 1100 g/mol. The Bertz CT molecular complexity index is 1340. The van der Waals surface area contributed by atoms with Crippen LogP contribution in [-0.4, -0.2) is 147 Å². The van der Waals surface area contributed by atoms with E-state index in [0.29, 0.717) is 65.4 Å². The van der Waals surface area contributed by atoms with E-state index in [1.165, 1.54) is 116 Å². The first-order chi connectivity index (χ1) is 37.9. The van der Waals surface area contributed by atoms with Gasteiger partial charge in [0.25, 0.3) is 0 Å². The fourth-order valence-electron chi connectivity index (χ4n) is 10.5. The molecule has 2 unspecified atom stereocenters. The summed E-state index contributed by atoms with van der Waals surface area (Å²) in [5.41, 5.74) is 0. The molecule has 0 bridgehead atoms. The van der Waals surface area contributed by atoms with Crippen LogP contribution in [0.15, 0.2) is 24.3 Å². The summed E-state index contributed by atoms with van der Waals surface area (Å²) in [6.45, 7) is 30.1. The van der Waals surface area contributed by atoms with Crippen molar-refractivity contribution in [2.24, 2.45) is 11.8 Å². The Kier molecular flexibility index (Phi) is 52.8. The molecule has 78 heavy (non-hydrogen) atoms. The maximum atomic E-state index is 13.9. The summed E-state index contributed by atoms with van der Waals surface area (Å²) in [5, 5.41) is 6.13. The van der Waals surface area contributed by atoms with Crippen molar-refractivity contribution in [2.45, 2.75) is 274 Å². The van der Waals surface area contributed by atoms with Crippen LogP contribution in [0.1, 0.15) is 262 Å². The minimum absolute atomic E-state index is 0.0368. The molecule has 0 fully saturated rings. The number of hydrogen-bond acceptors (Lipinski definition) is 8. The van der Waals surface area contributed by atoms with Gasteiger partial charge in [-0.1, -0.05) is 196 Å². The molecule has 0 aliphatic rings. The van der Waals surface area contributed by atoms with Crippen molar-refractivity contribution < 1.29 is 28.7 Å². The Morgan fingerprint density at radius 1 is 0.372 bits per heavy atom. The van der Waals surface area contributed by atoms with Gasteiger partial charge in [-0.25, -0.2) is 0 Å². The molecule has 0 saturated carbocycles. The molecular formula is C66H128N6O6. The zero-order chi connectivity index (χ0) is 57.7. The zero-order valence-electron chi connectivity index (χ0n) is 53.0. The monoisotopic (exact) mass is 1100 g/mol. The third-order valence-electron chi connectivity index (χ3n) is 15.4. The zero-order valence-corrected chi connectivity index (χ0v) is 53.0. The minimum Gasteiger partial charge on any atom is -0.377 e. The first kappa shape index (κ1) is 75.2. The number of allylic oxidation sites excluding steroid dienone is 4. The summed E-state index contributed by atoms with van der Waals surface area (Å²) in [4.78, 5) is 63.7. The van der Waals surface area contributed by atoms with Gasteiger partial charge in [0.15, 0.2) is 0 Å². The molecule has 0 aromatic rings. The van der Waals surface area contributed by atoms with E-state index < -0.39 is 12.1 Å². The highest BCUT2D eigenvalue weighted by Gasteiger charge is 2.33. The summed E-state index contributed by atoms with van der Waals surface area (Å²) < 4.78 is 11.7. The van der Waals surface area contributed by atoms with Gasteiger partial charge in [0.1, 0.15) is 12.1 Å². The largest absolute Gasteiger partial charge is 0.377 e. The van der Waals surface area contributed by atoms with E-state index in [-0.39, 0.29) is 35.5 Å². The molecule has 0 radical (unpaired) electrons. The van der Waals surface area contributed by atoms with Gasteiger partial charge in [-0.05, 0) is 128 Å². The number of unbranched alkanes of at least 4 members (excludes halogenated alkanes) is 22. The van der Waals surface area contributed by atoms with Gasteiger partial charge in [-0.3, -0.25) is 19.2 Å². The minimum atomic E-state index is -0.541. The maximum Gasteiger partial charge on any atom is 0.243 e. The van der Waals surface area contributed by atoms with Crippen molar-refractivity contribution in [3.8, 4) is 0 Å². The highest BCUT2D eigenvalue weighted by atomic mass is 16.5. The number of hydrogen-bond donors (Lipinski definition) is 2. The number of carbonyl (C=O) groups is 4. The molecule has 0 aromatic heterocycles. The van der Waals surface area contributed by atoms with E-state index in [0.717, 1.165) is 103 Å². The van der Waals surface area contributed by atoms with E-state index in [2.05, 4.69) is 86.3 Å². The lowest BCUT2D eigenvalue weighted by Gasteiger charge is -2.34. The van der Waals surface area contributed by atoms with E-state index in [4.69, 9.17) is 9.47 Å². The Morgan fingerprint density at radius 3 is 0.962 bits per heavy atom. The third-order valence-corrected chi connectivity index (χ3v) is 15.4. The normalized spacial score (nSPS) is 12.7. The smallest absolute Gasteiger partial charge is 0.243 e. The molecule has 4 amide bonds. The van der Waals surface area contributed by atoms with Gasteiger partial charge >= 0.3 is 0 Å². The van der Waals surface area contributed by atoms with Crippen molar-refractivity contribution in [3.05, 3.63) is 24.3 Å². The van der Waals surface area contributed by atoms with Crippen LogP contribution in [0.4, 0.5) is 0 Å². The van der Waals surface area contributed by atoms with Gasteiger partial charge in [0.05, 0.1) is 26.4 Å². The van der Waals surface area contributed by atoms with Crippen molar-refractivity contribution in [1.29, 1.82) is 0 Å². The van der Waals surface area contributed by atoms with Crippen LogP contribution in [0, 0.1) is 11.8 Å². The highest BCUT2D eigenvalue weighted by molar-refractivity contribution is 5.88. The fourth-order valence-corrected chi connectivity index (χ4v) is 10.5. The van der Waals surface area contributed by atoms with Crippen LogP contribution in [0.25, 0.3) is 0 Å². The molecule has 0 saturated heterocycles. The molecule has 2 N–H and O–H groups in total. The van der Waals surface area contributed by atoms with E-state index in [9.17, 15) is 19.2 Å². The molecule has 458 valence electrons. The Morgan fingerprint density at radius 2 is 0.667 bits per heavy atom. The molecule has 0 spiro atoms. The number of rotatable bonds is 57. The Hall–Kier alpha value is -2.80. The van der Waals surface area contributed by atoms with Gasteiger partial charge in [-0.2, -0.15) is 0 Å². The molecule has 12 heteroatoms. The molecule has 0 aromatic carbocycles. The standard InChI is InChI=1S/C66H128N6O6/c1-11-17-19-21-23-25-27-29-31-33-35-37-39-41-43-47-61(73)71(53-45-51-69(13-3)14-4)63(59(7)8)65(75)67-49-55-77-57-58-78-56-50-68-66(76)64(60(9)10)72(54-46-52-70(15-5)16-6)62(74)48-44-42-40-38-36-34-32-30-28-26-24-22-20-18-12-2/h29-32,59-60,63-64H,11-28,33-58H2,1-10H3,(H,67,75)(H,68,76)/b31-29-,32-30-. The molecule has 0 aliphatic heterocycles. The number of carbonyl (C=O) groups excluding carboxylic acids is 4. The van der Waals surface area contributed by atoms with Crippen LogP contribution in [0.2, 0.25) is 0 Å². The van der Waals surface area contributed by atoms with Crippen molar-refractivity contribution in [1.82, 2.24) is 30.2 Å². The van der Waals surface area contributed by atoms with Crippen LogP contribution >= 0.6 is 0 Å². The topological polar surface area (TPSA) is 124 Å². The Labute approximate surface area is 482 Å². The van der Waals surface area contributed by atoms with Crippen LogP contribution in [-0.2, 0) is 28.7 Å². The van der Waals surface area contributed by atoms with Gasteiger partial charge in [-0.15, -0.1) is 0 Å². The summed E-state index contributed by atoms with van der Waals surface area (Å²) in [7, 11) is 0. The van der Waals surface area contributed by atoms with Gasteiger partial charge < -0.3 is 39.7 Å². The van der Waals surface area contributed by atoms with Crippen LogP contribution in [0.3, 0.4) is 0 Å². The summed E-state index contributed by atoms with van der Waals surface area (Å²) in [6, 6.07) is -1.08. The summed E-state index contributed by atoms with van der Waals surface area (Å²) in [5.74, 6) is -0.186. The molecule has 0 aliphatic carbocycles. The first-order valence-electron chi connectivity index (χ1n) is 33.0. The van der Waals surface area contributed by atoms with E-state index in [1.807, 2.05) is 37.5 Å². The van der Waals surface area contributed by atoms with Crippen LogP contribution in [0.5, 0.6) is 0 Å². The SMILES string of the molecule is CCCCCCCC/C=C\CCCCCCCC(=O)N(CCCN(CC)CC)C(C(=O)NCCOCCOCCNC(=O)C(C(C)C)N(CCCN(CC)CC)C(=O)CCCCCCC/C=C\CCCCCCCC)C(C)C. The second-order valence-corrected chi connectivity index (χ2v) is 22.8. The quantitative estimate of drug-likeness (QED) is 0.0456. The lowest BCUT2D eigenvalue weighted by Crippen LogP contribution is -2.53. The lowest BCUT2D eigenvalue weighted by atomic mass is 9.99. The predicted molar refractivity (Wildman–Crippen MR) is 332 cm³/mol. The second-order valence-electron chi connectivity index (χ2n) is 22.8. The van der Waals surface area contributed by atoms with Crippen molar-refractivity contribution in [2.75, 3.05) is 91.9 Å². The number of nitrogens with one attached hydrogen (secondary N) is 2. The molecular weight excluding hydrogens is 973 g/mol. The molecule has 12 nitrogen and oxygen atoms in total. The number of amides is 4. The Balaban J connectivity index is 4.95. The van der Waals surface area contributed by atoms with Gasteiger partial charge in [0.2, 0.25) is 23.6 Å². The van der Waals surface area contributed by atoms with Crippen LogP contribution < -0.4 is 10.6 Å². The van der Waals surface area contributed by atoms with E-state index in [1.54, 1.807) is 0 Å². The average Bonchev–Trinajstić information content (AvgIpc) is 3.43. The summed E-state index contributed by atoms with van der Waals surface area (Å²) >= 11 is 0. The molecule has 0 rings (SSSR count). The van der Waals surface area contributed by atoms with E-state index >= 15 is 0 Å². The van der Waals surface area contributed by atoms with Crippen molar-refractivity contribution in [3.63, 3.8) is 0 Å². The second kappa shape index (κ2) is 54.8. The predicted octanol–water partition coefficient (Wildman–Crippen LogP) is 14.5. The maximum absolute atomic E-state index is 13.9. The number of nitrogens with zero attached hydrogens (tertiary/aromatic N) is 4. The fraction of sp³-hybridized carbons (Fsp3) is 0.879. The first-order valence-corrected chi connectivity index (χ1v) is 33.0. The van der Waals surface area contributed by atoms with Crippen molar-refractivity contribution >= 4 is 23.6 Å². The third kappa shape index (κ3) is 41.2. The lowest BCUT2D eigenvalue weighted by molar-refractivity contribution is -0.142. The highest BCUT2D eigenvalue weighted by Crippen LogP contribution is 2.19.